The highest BCUT2D eigenvalue weighted by Gasteiger charge is 2.87. The quantitative estimate of drug-likeness (QED) is 0.242. The van der Waals surface area contributed by atoms with Gasteiger partial charge in [-0.25, -0.2) is 4.39 Å². The van der Waals surface area contributed by atoms with E-state index in [2.05, 4.69) is 0 Å². The van der Waals surface area contributed by atoms with E-state index in [-0.39, 0.29) is 18.6 Å². The van der Waals surface area contributed by atoms with E-state index < -0.39 is 67.8 Å². The molecule has 1 aliphatic carbocycles. The van der Waals surface area contributed by atoms with Crippen LogP contribution in [0.2, 0.25) is 0 Å². The third-order valence-corrected chi connectivity index (χ3v) is 5.63. The Labute approximate surface area is 200 Å². The molecule has 0 aliphatic heterocycles. The molecule has 1 aromatic rings. The summed E-state index contributed by atoms with van der Waals surface area (Å²) in [7, 11) is 0. The van der Waals surface area contributed by atoms with Gasteiger partial charge in [-0.05, 0) is 37.8 Å². The maximum Gasteiger partial charge on any atom is 0.457 e. The standard InChI is InChI=1S/C19H7F14IN/c20-14(21,17(25,26)27)10-5-11(34)7-13(6-10,12-4-2-1-3-9(12)8-35)15(22,18(28,29)30)16(23,24)19(31,32)33/h1-7H. The molecule has 0 aromatic heterocycles. The van der Waals surface area contributed by atoms with E-state index in [0.29, 0.717) is 12.1 Å². The summed E-state index contributed by atoms with van der Waals surface area (Å²) in [6.07, 6.45) is -22.6. The predicted octanol–water partition coefficient (Wildman–Crippen LogP) is 7.93. The van der Waals surface area contributed by atoms with Crippen molar-refractivity contribution in [1.29, 1.82) is 5.26 Å². The Morgan fingerprint density at radius 2 is 1.23 bits per heavy atom. The van der Waals surface area contributed by atoms with Crippen LogP contribution in [0, 0.1) is 17.8 Å². The van der Waals surface area contributed by atoms with E-state index >= 15 is 4.39 Å². The molecule has 1 nitrogen and oxygen atoms in total. The van der Waals surface area contributed by atoms with Gasteiger partial charge in [0.15, 0.2) is 0 Å². The number of halogens is 15. The van der Waals surface area contributed by atoms with Crippen molar-refractivity contribution in [1.82, 2.24) is 0 Å². The van der Waals surface area contributed by atoms with Gasteiger partial charge >= 0.3 is 30.4 Å². The Balaban J connectivity index is 3.25. The summed E-state index contributed by atoms with van der Waals surface area (Å²) in [4.78, 5) is 0. The first-order valence-corrected chi connectivity index (χ1v) is 9.70. The van der Waals surface area contributed by atoms with Gasteiger partial charge in [-0.3, -0.25) is 0 Å². The third kappa shape index (κ3) is 4.26. The van der Waals surface area contributed by atoms with E-state index in [9.17, 15) is 62.3 Å². The maximum absolute atomic E-state index is 15.8. The summed E-state index contributed by atoms with van der Waals surface area (Å²) >= 11 is 0.754. The molecule has 35 heavy (non-hydrogen) atoms. The lowest BCUT2D eigenvalue weighted by atomic mass is 9.61. The fourth-order valence-corrected chi connectivity index (χ4v) is 4.26. The highest BCUT2D eigenvalue weighted by atomic mass is 127. The lowest BCUT2D eigenvalue weighted by Crippen LogP contribution is -2.71. The largest absolute Gasteiger partial charge is 0.457 e. The number of allylic oxidation sites excluding steroid dienone is 4. The van der Waals surface area contributed by atoms with Gasteiger partial charge in [-0.1, -0.05) is 30.4 Å². The van der Waals surface area contributed by atoms with E-state index in [1.165, 1.54) is 0 Å². The molecular formula is C19H7F14IN. The zero-order valence-corrected chi connectivity index (χ0v) is 18.3. The van der Waals surface area contributed by atoms with Crippen LogP contribution >= 0.6 is 22.6 Å². The molecule has 0 saturated carbocycles. The van der Waals surface area contributed by atoms with E-state index in [4.69, 9.17) is 0 Å². The summed E-state index contributed by atoms with van der Waals surface area (Å²) in [6, 6.07) is 3.33. The highest BCUT2D eigenvalue weighted by molar-refractivity contribution is 14.1. The molecule has 0 N–H and O–H groups in total. The molecule has 193 valence electrons. The molecule has 16 heteroatoms. The molecule has 2 unspecified atom stereocenters. The van der Waals surface area contributed by atoms with Crippen molar-refractivity contribution >= 4 is 22.6 Å². The van der Waals surface area contributed by atoms with Crippen molar-refractivity contribution in [2.45, 2.75) is 41.5 Å². The van der Waals surface area contributed by atoms with Crippen LogP contribution in [0.4, 0.5) is 61.5 Å². The van der Waals surface area contributed by atoms with Crippen molar-refractivity contribution in [2.75, 3.05) is 0 Å². The lowest BCUT2D eigenvalue weighted by molar-refractivity contribution is -0.392. The highest BCUT2D eigenvalue weighted by Crippen LogP contribution is 2.64. The van der Waals surface area contributed by atoms with E-state index in [1.54, 1.807) is 0 Å². The van der Waals surface area contributed by atoms with E-state index in [1.807, 2.05) is 0 Å². The molecule has 1 aliphatic rings. The molecule has 2 rings (SSSR count). The molecule has 0 spiro atoms. The van der Waals surface area contributed by atoms with Crippen molar-refractivity contribution in [3.63, 3.8) is 0 Å². The molecule has 0 saturated heterocycles. The first-order chi connectivity index (χ1) is 15.5. The number of hydrogen-bond donors (Lipinski definition) is 0. The Morgan fingerprint density at radius 1 is 0.714 bits per heavy atom. The average molecular weight is 642 g/mol. The van der Waals surface area contributed by atoms with Gasteiger partial charge in [-0.15, -0.1) is 0 Å². The Hall–Kier alpha value is -2.06. The summed E-state index contributed by atoms with van der Waals surface area (Å²) in [5.41, 5.74) is -17.0. The smallest absolute Gasteiger partial charge is 0.225 e. The molecule has 2 atom stereocenters. The first kappa shape index (κ1) is 29.2. The number of benzene rings is 1. The van der Waals surface area contributed by atoms with Crippen LogP contribution in [0.5, 0.6) is 0 Å². The van der Waals surface area contributed by atoms with Gasteiger partial charge in [0.1, 0.15) is 0 Å². The summed E-state index contributed by atoms with van der Waals surface area (Å²) in [5.74, 6) is -13.5. The molecule has 1 aromatic carbocycles. The van der Waals surface area contributed by atoms with Gasteiger partial charge in [0.25, 0.3) is 5.67 Å². The molecule has 0 fully saturated rings. The fraction of sp³-hybridized carbons (Fsp3) is 0.368. The van der Waals surface area contributed by atoms with Crippen LogP contribution in [0.15, 0.2) is 45.6 Å². The Kier molecular flexibility index (Phi) is 7.09. The average Bonchev–Trinajstić information content (AvgIpc) is 2.69. The Morgan fingerprint density at radius 3 is 1.66 bits per heavy atom. The van der Waals surface area contributed by atoms with Crippen molar-refractivity contribution in [3.05, 3.63) is 63.1 Å². The number of nitrogens with zero attached hydrogens (tertiary/aromatic N) is 1. The second-order valence-corrected chi connectivity index (χ2v) is 8.35. The van der Waals surface area contributed by atoms with Crippen LogP contribution in [0.1, 0.15) is 11.1 Å². The predicted molar refractivity (Wildman–Crippen MR) is 99.2 cm³/mol. The Bertz CT molecular complexity index is 1090. The minimum atomic E-state index is -7.42. The second kappa shape index (κ2) is 8.51. The molecule has 0 heterocycles. The van der Waals surface area contributed by atoms with Crippen LogP contribution in [-0.4, -0.2) is 36.0 Å². The van der Waals surface area contributed by atoms with Crippen LogP contribution in [-0.2, 0) is 5.41 Å². The second-order valence-electron chi connectivity index (χ2n) is 7.10. The molecular weight excluding hydrogens is 635 g/mol. The normalized spacial score (nSPS) is 22.1. The number of rotatable bonds is 4. The van der Waals surface area contributed by atoms with Gasteiger partial charge < -0.3 is 0 Å². The van der Waals surface area contributed by atoms with Crippen molar-refractivity contribution < 1.29 is 61.5 Å². The summed E-state index contributed by atoms with van der Waals surface area (Å²) < 4.78 is 192. The van der Waals surface area contributed by atoms with Gasteiger partial charge in [-0.2, -0.15) is 62.3 Å². The minimum absolute atomic E-state index is 0.163. The topological polar surface area (TPSA) is 23.8 Å². The first-order valence-electron chi connectivity index (χ1n) is 8.62. The summed E-state index contributed by atoms with van der Waals surface area (Å²) in [6.45, 7) is 0. The number of hydrogen-bond acceptors (Lipinski definition) is 1. The monoisotopic (exact) mass is 642 g/mol. The summed E-state index contributed by atoms with van der Waals surface area (Å²) in [5, 5.41) is 9.17. The molecule has 0 bridgehead atoms. The van der Waals surface area contributed by atoms with Crippen LogP contribution in [0.25, 0.3) is 0 Å². The number of nitriles is 1. The SMILES string of the molecule is N#Cc1ccccc1C1(C(F)(C(F)(F)F)C(F)(F)C(F)(F)F)C=C(I)[CH]C(C(F)(F)C(F)(F)F)=C1. The fourth-order valence-electron chi connectivity index (χ4n) is 3.43. The van der Waals surface area contributed by atoms with Gasteiger partial charge in [0.05, 0.1) is 17.0 Å². The van der Waals surface area contributed by atoms with Gasteiger partial charge in [0, 0.05) is 12.0 Å². The van der Waals surface area contributed by atoms with Crippen LogP contribution in [0.3, 0.4) is 0 Å². The van der Waals surface area contributed by atoms with Gasteiger partial charge in [0.2, 0.25) is 0 Å². The van der Waals surface area contributed by atoms with Crippen LogP contribution < -0.4 is 0 Å². The van der Waals surface area contributed by atoms with Crippen molar-refractivity contribution in [3.8, 4) is 6.07 Å². The number of alkyl halides is 14. The maximum atomic E-state index is 15.8. The van der Waals surface area contributed by atoms with Crippen molar-refractivity contribution in [2.24, 2.45) is 0 Å². The zero-order chi connectivity index (χ0) is 27.5. The molecule has 1 radical (unpaired) electrons. The van der Waals surface area contributed by atoms with E-state index in [0.717, 1.165) is 34.7 Å². The zero-order valence-electron chi connectivity index (χ0n) is 16.2. The lowest BCUT2D eigenvalue weighted by Gasteiger charge is -2.48. The molecule has 0 amide bonds. The third-order valence-electron chi connectivity index (χ3n) is 5.00. The minimum Gasteiger partial charge on any atom is -0.225 e.